The van der Waals surface area contributed by atoms with Crippen molar-refractivity contribution in [2.75, 3.05) is 5.75 Å². The zero-order chi connectivity index (χ0) is 18.5. The highest BCUT2D eigenvalue weighted by Gasteiger charge is 2.16. The van der Waals surface area contributed by atoms with Gasteiger partial charge in [0.25, 0.3) is 0 Å². The van der Waals surface area contributed by atoms with Crippen molar-refractivity contribution in [3.8, 4) is 11.4 Å². The van der Waals surface area contributed by atoms with Crippen LogP contribution < -0.4 is 0 Å². The lowest BCUT2D eigenvalue weighted by Crippen LogP contribution is -2.06. The van der Waals surface area contributed by atoms with Gasteiger partial charge in [-0.05, 0) is 49.6 Å². The van der Waals surface area contributed by atoms with Crippen LogP contribution in [-0.2, 0) is 6.54 Å². The maximum absolute atomic E-state index is 12.5. The number of pyridine rings is 1. The van der Waals surface area contributed by atoms with Gasteiger partial charge in [0.05, 0.1) is 5.75 Å². The number of ketones is 1. The summed E-state index contributed by atoms with van der Waals surface area (Å²) in [5.74, 6) is 1.27. The Morgan fingerprint density at radius 1 is 1.08 bits per heavy atom. The second-order valence-electron chi connectivity index (χ2n) is 6.20. The van der Waals surface area contributed by atoms with Gasteiger partial charge in [-0.15, -0.1) is 10.2 Å². The van der Waals surface area contributed by atoms with Crippen molar-refractivity contribution in [1.29, 1.82) is 0 Å². The molecule has 0 fully saturated rings. The van der Waals surface area contributed by atoms with E-state index in [1.54, 1.807) is 12.4 Å². The van der Waals surface area contributed by atoms with Crippen molar-refractivity contribution < 1.29 is 4.79 Å². The lowest BCUT2D eigenvalue weighted by molar-refractivity contribution is 0.102. The van der Waals surface area contributed by atoms with Gasteiger partial charge in [0.15, 0.2) is 16.8 Å². The Labute approximate surface area is 157 Å². The molecule has 134 valence electrons. The zero-order valence-corrected chi connectivity index (χ0v) is 16.1. The van der Waals surface area contributed by atoms with Crippen LogP contribution in [0.25, 0.3) is 11.4 Å². The van der Waals surface area contributed by atoms with Crippen molar-refractivity contribution in [2.24, 2.45) is 0 Å². The van der Waals surface area contributed by atoms with E-state index in [0.717, 1.165) is 40.6 Å². The van der Waals surface area contributed by atoms with Gasteiger partial charge in [-0.1, -0.05) is 30.8 Å². The number of aryl methyl sites for hydroxylation is 2. The van der Waals surface area contributed by atoms with Crippen molar-refractivity contribution >= 4 is 17.5 Å². The predicted molar refractivity (Wildman–Crippen MR) is 105 cm³/mol. The van der Waals surface area contributed by atoms with E-state index in [2.05, 4.69) is 26.7 Å². The highest BCUT2D eigenvalue weighted by Crippen LogP contribution is 2.25. The summed E-state index contributed by atoms with van der Waals surface area (Å²) in [6.07, 6.45) is 4.46. The van der Waals surface area contributed by atoms with Crippen LogP contribution in [0.5, 0.6) is 0 Å². The van der Waals surface area contributed by atoms with E-state index in [-0.39, 0.29) is 5.78 Å². The Morgan fingerprint density at radius 3 is 2.54 bits per heavy atom. The first-order valence-corrected chi connectivity index (χ1v) is 9.65. The Morgan fingerprint density at radius 2 is 1.85 bits per heavy atom. The van der Waals surface area contributed by atoms with E-state index in [1.807, 2.05) is 44.2 Å². The Kier molecular flexibility index (Phi) is 5.83. The number of benzene rings is 1. The molecule has 0 aliphatic rings. The molecular weight excluding hydrogens is 344 g/mol. The van der Waals surface area contributed by atoms with Gasteiger partial charge >= 0.3 is 0 Å². The number of carbonyl (C=O) groups excluding carboxylic acids is 1. The number of carbonyl (C=O) groups is 1. The predicted octanol–water partition coefficient (Wildman–Crippen LogP) is 4.34. The zero-order valence-electron chi connectivity index (χ0n) is 15.3. The van der Waals surface area contributed by atoms with E-state index in [0.29, 0.717) is 5.75 Å². The number of nitrogens with zero attached hydrogens (tertiary/aromatic N) is 4. The lowest BCUT2D eigenvalue weighted by Gasteiger charge is -2.09. The minimum absolute atomic E-state index is 0.106. The Bertz CT molecular complexity index is 905. The van der Waals surface area contributed by atoms with Gasteiger partial charge in [-0.25, -0.2) is 0 Å². The molecule has 2 aromatic heterocycles. The van der Waals surface area contributed by atoms with E-state index >= 15 is 0 Å². The van der Waals surface area contributed by atoms with Gasteiger partial charge in [0.2, 0.25) is 0 Å². The van der Waals surface area contributed by atoms with Crippen molar-refractivity contribution in [3.63, 3.8) is 0 Å². The molecule has 1 aromatic carbocycles. The summed E-state index contributed by atoms with van der Waals surface area (Å²) in [4.78, 5) is 16.6. The average molecular weight is 366 g/mol. The molecular formula is C20H22N4OS. The van der Waals surface area contributed by atoms with Crippen molar-refractivity contribution in [1.82, 2.24) is 19.7 Å². The molecule has 0 saturated heterocycles. The first-order chi connectivity index (χ1) is 12.6. The molecule has 0 spiro atoms. The summed E-state index contributed by atoms with van der Waals surface area (Å²) in [7, 11) is 0. The van der Waals surface area contributed by atoms with Crippen LogP contribution in [0.1, 0.15) is 34.8 Å². The number of thioether (sulfide) groups is 1. The van der Waals surface area contributed by atoms with Gasteiger partial charge in [0.1, 0.15) is 0 Å². The van der Waals surface area contributed by atoms with Crippen LogP contribution >= 0.6 is 11.8 Å². The minimum atomic E-state index is 0.106. The summed E-state index contributed by atoms with van der Waals surface area (Å²) in [6.45, 7) is 7.00. The molecule has 0 amide bonds. The van der Waals surface area contributed by atoms with Gasteiger partial charge < -0.3 is 4.57 Å². The molecule has 6 heteroatoms. The molecule has 0 saturated carbocycles. The minimum Gasteiger partial charge on any atom is -0.302 e. The van der Waals surface area contributed by atoms with Gasteiger partial charge in [-0.3, -0.25) is 9.78 Å². The quantitative estimate of drug-likeness (QED) is 0.460. The Hall–Kier alpha value is -2.47. The maximum Gasteiger partial charge on any atom is 0.191 e. The summed E-state index contributed by atoms with van der Waals surface area (Å²) in [6, 6.07) is 9.69. The van der Waals surface area contributed by atoms with Crippen LogP contribution in [0, 0.1) is 13.8 Å². The summed E-state index contributed by atoms with van der Waals surface area (Å²) in [5, 5.41) is 9.42. The monoisotopic (exact) mass is 366 g/mol. The molecule has 3 aromatic rings. The molecule has 0 unspecified atom stereocenters. The standard InChI is InChI=1S/C20H22N4OS/c1-4-11-24-19(16-7-9-21-10-8-16)22-23-20(24)26-13-18(25)17-6-5-14(2)15(3)12-17/h5-10,12H,4,11,13H2,1-3H3. The third-order valence-electron chi connectivity index (χ3n) is 4.26. The smallest absolute Gasteiger partial charge is 0.191 e. The normalized spacial score (nSPS) is 10.9. The van der Waals surface area contributed by atoms with Gasteiger partial charge in [-0.2, -0.15) is 0 Å². The topological polar surface area (TPSA) is 60.7 Å². The molecule has 2 heterocycles. The molecule has 3 rings (SSSR count). The number of rotatable bonds is 7. The van der Waals surface area contributed by atoms with Crippen LogP contribution in [-0.4, -0.2) is 31.3 Å². The van der Waals surface area contributed by atoms with E-state index in [4.69, 9.17) is 0 Å². The van der Waals surface area contributed by atoms with E-state index in [1.165, 1.54) is 17.3 Å². The molecule has 0 aliphatic heterocycles. The number of aromatic nitrogens is 4. The number of hydrogen-bond donors (Lipinski definition) is 0. The van der Waals surface area contributed by atoms with Crippen LogP contribution in [0.2, 0.25) is 0 Å². The third kappa shape index (κ3) is 4.02. The maximum atomic E-state index is 12.5. The molecule has 0 atom stereocenters. The lowest BCUT2D eigenvalue weighted by atomic mass is 10.0. The first kappa shape index (κ1) is 18.3. The van der Waals surface area contributed by atoms with E-state index in [9.17, 15) is 4.79 Å². The fourth-order valence-corrected chi connectivity index (χ4v) is 3.52. The number of hydrogen-bond acceptors (Lipinski definition) is 5. The SMILES string of the molecule is CCCn1c(SCC(=O)c2ccc(C)c(C)c2)nnc1-c1ccncc1. The van der Waals surface area contributed by atoms with Crippen LogP contribution in [0.4, 0.5) is 0 Å². The summed E-state index contributed by atoms with van der Waals surface area (Å²) in [5.41, 5.74) is 4.05. The molecule has 0 bridgehead atoms. The molecule has 0 aliphatic carbocycles. The Balaban J connectivity index is 1.78. The second-order valence-corrected chi connectivity index (χ2v) is 7.15. The van der Waals surface area contributed by atoms with Crippen molar-refractivity contribution in [2.45, 2.75) is 38.9 Å². The van der Waals surface area contributed by atoms with E-state index < -0.39 is 0 Å². The molecule has 5 nitrogen and oxygen atoms in total. The fourth-order valence-electron chi connectivity index (χ4n) is 2.66. The largest absolute Gasteiger partial charge is 0.302 e. The fraction of sp³-hybridized carbons (Fsp3) is 0.300. The number of Topliss-reactive ketones (excluding diaryl/α,β-unsaturated/α-hetero) is 1. The molecule has 0 radical (unpaired) electrons. The van der Waals surface area contributed by atoms with Crippen LogP contribution in [0.3, 0.4) is 0 Å². The average Bonchev–Trinajstić information content (AvgIpc) is 3.06. The van der Waals surface area contributed by atoms with Crippen molar-refractivity contribution in [3.05, 3.63) is 59.4 Å². The van der Waals surface area contributed by atoms with Gasteiger partial charge in [0, 0.05) is 30.1 Å². The summed E-state index contributed by atoms with van der Waals surface area (Å²) >= 11 is 1.44. The highest BCUT2D eigenvalue weighted by molar-refractivity contribution is 7.99. The van der Waals surface area contributed by atoms with Crippen LogP contribution in [0.15, 0.2) is 47.9 Å². The molecule has 26 heavy (non-hydrogen) atoms. The first-order valence-electron chi connectivity index (χ1n) is 8.67. The third-order valence-corrected chi connectivity index (χ3v) is 5.23. The second kappa shape index (κ2) is 8.27. The highest BCUT2D eigenvalue weighted by atomic mass is 32.2. The summed E-state index contributed by atoms with van der Waals surface area (Å²) < 4.78 is 2.08. The molecule has 0 N–H and O–H groups in total.